The molecule has 0 unspecified atom stereocenters. The van der Waals surface area contributed by atoms with Crippen molar-refractivity contribution in [3.63, 3.8) is 0 Å². The van der Waals surface area contributed by atoms with Crippen LogP contribution in [0, 0.1) is 13.8 Å². The summed E-state index contributed by atoms with van der Waals surface area (Å²) in [7, 11) is -9.85. The Bertz CT molecular complexity index is 1530. The fourth-order valence-corrected chi connectivity index (χ4v) is 5.06. The summed E-state index contributed by atoms with van der Waals surface area (Å²) in [6.45, 7) is 3.13. The molecule has 0 aliphatic heterocycles. The molecule has 0 radical (unpaired) electrons. The van der Waals surface area contributed by atoms with Gasteiger partial charge in [-0.1, -0.05) is 55.3 Å². The topological polar surface area (TPSA) is 60.0 Å². The fourth-order valence-electron chi connectivity index (χ4n) is 4.17. The van der Waals surface area contributed by atoms with E-state index in [9.17, 15) is 29.3 Å². The van der Waals surface area contributed by atoms with Gasteiger partial charge in [-0.05, 0) is 54.8 Å². The molecular weight excluding hydrogens is 537 g/mol. The molecule has 37 heavy (non-hydrogen) atoms. The van der Waals surface area contributed by atoms with Crippen molar-refractivity contribution in [3.05, 3.63) is 111 Å². The molecule has 0 aliphatic rings. The number of imidazole rings is 1. The van der Waals surface area contributed by atoms with Gasteiger partial charge in [0, 0.05) is 30.1 Å². The van der Waals surface area contributed by atoms with Gasteiger partial charge >= 0.3 is 10.2 Å². The highest BCUT2D eigenvalue weighted by Gasteiger charge is 2.65. The number of halogens is 6. The van der Waals surface area contributed by atoms with E-state index in [0.717, 1.165) is 39.2 Å². The van der Waals surface area contributed by atoms with Gasteiger partial charge in [0.2, 0.25) is 0 Å². The molecule has 0 fully saturated rings. The van der Waals surface area contributed by atoms with Crippen molar-refractivity contribution in [3.8, 4) is 5.69 Å². The van der Waals surface area contributed by atoms with Gasteiger partial charge in [-0.2, -0.15) is 0 Å². The monoisotopic (exact) mass is 559 g/mol. The van der Waals surface area contributed by atoms with Crippen molar-refractivity contribution in [2.45, 2.75) is 31.2 Å². The molecule has 198 valence electrons. The third-order valence-corrected chi connectivity index (χ3v) is 7.32. The summed E-state index contributed by atoms with van der Waals surface area (Å²) in [5, 5.41) is 10.1. The molecule has 4 rings (SSSR count). The minimum Gasteiger partial charge on any atom is -0.394 e. The predicted molar refractivity (Wildman–Crippen MR) is 135 cm³/mol. The van der Waals surface area contributed by atoms with Gasteiger partial charge in [0.05, 0.1) is 29.7 Å². The standard InChI is InChI=1S/C25H23ClF5N3O2S/c1-16-9-18(3-8-23(16)33-12-17(2)32-15-33)10-20-11-21(26)13-34(25(20)36)24(14-35)19-4-6-22(7-5-19)37(27,28,29,30)31/h3-9,11-13,15,24,35H,10,14H2,1-2H3/t24-/m0/s1. The predicted octanol–water partition coefficient (Wildman–Crippen LogP) is 7.13. The van der Waals surface area contributed by atoms with Crippen molar-refractivity contribution < 1.29 is 24.5 Å². The summed E-state index contributed by atoms with van der Waals surface area (Å²) >= 11 is 6.24. The number of hydrogen-bond donors (Lipinski definition) is 1. The molecule has 2 heterocycles. The fraction of sp³-hybridized carbons (Fsp3) is 0.200. The normalized spacial score (nSPS) is 14.7. The van der Waals surface area contributed by atoms with Crippen molar-refractivity contribution in [1.29, 1.82) is 0 Å². The van der Waals surface area contributed by atoms with E-state index in [4.69, 9.17) is 11.6 Å². The van der Waals surface area contributed by atoms with E-state index in [2.05, 4.69) is 4.98 Å². The van der Waals surface area contributed by atoms with Crippen LogP contribution in [0.2, 0.25) is 5.02 Å². The SMILES string of the molecule is Cc1cn(-c2ccc(Cc3cc(Cl)cn([C@@H](CO)c4ccc(S(F)(F)(F)(F)F)cc4)c3=O)cc2C)cn1. The Labute approximate surface area is 214 Å². The number of nitrogens with zero attached hydrogens (tertiary/aromatic N) is 3. The second-order valence-corrected chi connectivity index (χ2v) is 11.7. The van der Waals surface area contributed by atoms with Gasteiger partial charge in [0.25, 0.3) is 5.56 Å². The third-order valence-electron chi connectivity index (χ3n) is 5.95. The lowest BCUT2D eigenvalue weighted by molar-refractivity contribution is 0.246. The molecule has 0 saturated heterocycles. The molecule has 4 aromatic rings. The quantitative estimate of drug-likeness (QED) is 0.245. The Morgan fingerprint density at radius 2 is 1.68 bits per heavy atom. The first-order valence-corrected chi connectivity index (χ1v) is 13.3. The number of rotatable bonds is 7. The van der Waals surface area contributed by atoms with Gasteiger partial charge < -0.3 is 14.2 Å². The van der Waals surface area contributed by atoms with Gasteiger partial charge in [-0.25, -0.2) is 4.98 Å². The largest absolute Gasteiger partial charge is 0.394 e. The molecule has 5 nitrogen and oxygen atoms in total. The number of pyridine rings is 1. The lowest BCUT2D eigenvalue weighted by Crippen LogP contribution is -2.30. The lowest BCUT2D eigenvalue weighted by Gasteiger charge is -2.40. The minimum atomic E-state index is -9.85. The number of aryl methyl sites for hydroxylation is 2. The molecule has 0 aliphatic carbocycles. The van der Waals surface area contributed by atoms with Crippen LogP contribution in [-0.4, -0.2) is 25.8 Å². The third kappa shape index (κ3) is 5.89. The van der Waals surface area contributed by atoms with Crippen molar-refractivity contribution in [1.82, 2.24) is 14.1 Å². The Morgan fingerprint density at radius 3 is 2.22 bits per heavy atom. The molecule has 0 saturated carbocycles. The van der Waals surface area contributed by atoms with E-state index in [1.165, 1.54) is 12.3 Å². The van der Waals surface area contributed by atoms with Crippen molar-refractivity contribution in [2.24, 2.45) is 0 Å². The zero-order valence-corrected chi connectivity index (χ0v) is 21.3. The van der Waals surface area contributed by atoms with Gasteiger partial charge in [-0.15, -0.1) is 0 Å². The number of benzene rings is 2. The van der Waals surface area contributed by atoms with Gasteiger partial charge in [0.15, 0.2) is 0 Å². The van der Waals surface area contributed by atoms with Crippen LogP contribution in [0.25, 0.3) is 5.69 Å². The maximum atomic E-state index is 13.3. The summed E-state index contributed by atoms with van der Waals surface area (Å²) < 4.78 is 68.4. The average Bonchev–Trinajstić information content (AvgIpc) is 3.22. The molecular formula is C25H23ClF5N3O2S. The number of aliphatic hydroxyl groups excluding tert-OH is 1. The van der Waals surface area contributed by atoms with Crippen molar-refractivity contribution in [2.75, 3.05) is 6.61 Å². The second kappa shape index (κ2) is 8.71. The van der Waals surface area contributed by atoms with E-state index in [1.807, 2.05) is 42.8 Å². The Kier molecular flexibility index (Phi) is 6.33. The number of aromatic nitrogens is 3. The average molecular weight is 560 g/mol. The van der Waals surface area contributed by atoms with Crippen molar-refractivity contribution >= 4 is 21.8 Å². The van der Waals surface area contributed by atoms with Gasteiger partial charge in [0.1, 0.15) is 4.90 Å². The molecule has 2 aromatic heterocycles. The number of aliphatic hydroxyl groups is 1. The van der Waals surface area contributed by atoms with Crippen LogP contribution in [-0.2, 0) is 6.42 Å². The van der Waals surface area contributed by atoms with Crippen LogP contribution in [0.1, 0.15) is 34.0 Å². The van der Waals surface area contributed by atoms with Crippen LogP contribution < -0.4 is 5.56 Å². The van der Waals surface area contributed by atoms with Crippen LogP contribution in [0.3, 0.4) is 0 Å². The highest BCUT2D eigenvalue weighted by molar-refractivity contribution is 8.45. The minimum absolute atomic E-state index is 0.0410. The van der Waals surface area contributed by atoms with Crippen LogP contribution in [0.4, 0.5) is 19.4 Å². The smallest absolute Gasteiger partial charge is 0.310 e. The first-order valence-electron chi connectivity index (χ1n) is 11.0. The summed E-state index contributed by atoms with van der Waals surface area (Å²) in [5.41, 5.74) is 3.35. The highest BCUT2D eigenvalue weighted by atomic mass is 35.5. The second-order valence-electron chi connectivity index (χ2n) is 8.85. The Hall–Kier alpha value is -3.15. The summed E-state index contributed by atoms with van der Waals surface area (Å²) in [5.74, 6) is 0. The maximum absolute atomic E-state index is 13.3. The zero-order valence-electron chi connectivity index (χ0n) is 19.7. The zero-order chi connectivity index (χ0) is 27.2. The Balaban J connectivity index is 1.67. The molecule has 0 spiro atoms. The molecule has 1 N–H and O–H groups in total. The Morgan fingerprint density at radius 1 is 1.00 bits per heavy atom. The highest BCUT2D eigenvalue weighted by Crippen LogP contribution is 3.02. The molecule has 0 bridgehead atoms. The van der Waals surface area contributed by atoms with Crippen LogP contribution in [0.15, 0.2) is 76.9 Å². The first kappa shape index (κ1) is 26.9. The summed E-state index contributed by atoms with van der Waals surface area (Å²) in [4.78, 5) is 15.5. The van der Waals surface area contributed by atoms with E-state index in [1.54, 1.807) is 6.33 Å². The molecule has 2 aromatic carbocycles. The molecule has 12 heteroatoms. The summed E-state index contributed by atoms with van der Waals surface area (Å²) in [6, 6.07) is 8.15. The van der Waals surface area contributed by atoms with Crippen LogP contribution in [0.5, 0.6) is 0 Å². The van der Waals surface area contributed by atoms with E-state index in [0.29, 0.717) is 5.56 Å². The summed E-state index contributed by atoms with van der Waals surface area (Å²) in [6.07, 6.45) is 5.04. The maximum Gasteiger partial charge on any atom is 0.310 e. The van der Waals surface area contributed by atoms with E-state index in [-0.39, 0.29) is 29.1 Å². The lowest BCUT2D eigenvalue weighted by atomic mass is 10.0. The van der Waals surface area contributed by atoms with Crippen LogP contribution >= 0.6 is 21.8 Å². The van der Waals surface area contributed by atoms with Gasteiger partial charge in [-0.3, -0.25) is 4.79 Å². The molecule has 0 amide bonds. The molecule has 1 atom stereocenters. The first-order chi connectivity index (χ1) is 17.1. The van der Waals surface area contributed by atoms with E-state index >= 15 is 0 Å². The van der Waals surface area contributed by atoms with E-state index < -0.39 is 33.3 Å². The number of hydrogen-bond acceptors (Lipinski definition) is 3.